The molecular weight excluding hydrogens is 386 g/mol. The zero-order chi connectivity index (χ0) is 21.0. The van der Waals surface area contributed by atoms with Crippen LogP contribution < -0.4 is 10.6 Å². The smallest absolute Gasteiger partial charge is 0.253 e. The van der Waals surface area contributed by atoms with E-state index in [4.69, 9.17) is 12.2 Å². The van der Waals surface area contributed by atoms with Crippen molar-refractivity contribution in [2.24, 2.45) is 0 Å². The Morgan fingerprint density at radius 1 is 1.14 bits per heavy atom. The molecule has 0 aliphatic rings. The van der Waals surface area contributed by atoms with Crippen LogP contribution in [0, 0.1) is 18.6 Å². The molecule has 2 aromatic carbocycles. The minimum atomic E-state index is -0.239. The Morgan fingerprint density at radius 2 is 1.86 bits per heavy atom. The fourth-order valence-corrected chi connectivity index (χ4v) is 3.30. The highest BCUT2D eigenvalue weighted by atomic mass is 32.1. The van der Waals surface area contributed by atoms with E-state index in [0.717, 1.165) is 16.7 Å². The average molecular weight is 410 g/mol. The Balaban J connectivity index is 1.75. The fraction of sp³-hybridized carbons (Fsp3) is 0.238. The number of benzene rings is 2. The van der Waals surface area contributed by atoms with E-state index in [9.17, 15) is 9.59 Å². The zero-order valence-corrected chi connectivity index (χ0v) is 17.4. The van der Waals surface area contributed by atoms with Gasteiger partial charge in [0, 0.05) is 25.6 Å². The van der Waals surface area contributed by atoms with Crippen LogP contribution in [0.5, 0.6) is 0 Å². The number of aryl methyl sites for hydroxylation is 2. The minimum absolute atomic E-state index is 0.188. The third-order valence-corrected chi connectivity index (χ3v) is 4.94. The molecule has 0 radical (unpaired) electrons. The summed E-state index contributed by atoms with van der Waals surface area (Å²) in [6.45, 7) is 4.22. The van der Waals surface area contributed by atoms with Crippen molar-refractivity contribution in [3.8, 4) is 11.4 Å². The van der Waals surface area contributed by atoms with E-state index in [-0.39, 0.29) is 18.2 Å². The Morgan fingerprint density at radius 3 is 2.55 bits per heavy atom. The highest BCUT2D eigenvalue weighted by Crippen LogP contribution is 2.21. The molecular formula is C21H23N5O2S. The van der Waals surface area contributed by atoms with Crippen molar-refractivity contribution in [3.05, 3.63) is 63.9 Å². The molecule has 0 bridgehead atoms. The van der Waals surface area contributed by atoms with Crippen molar-refractivity contribution in [1.82, 2.24) is 20.1 Å². The maximum absolute atomic E-state index is 12.6. The van der Waals surface area contributed by atoms with E-state index < -0.39 is 0 Å². The van der Waals surface area contributed by atoms with Gasteiger partial charge in [0.05, 0.1) is 11.3 Å². The standard InChI is InChI=1S/C21H23N5O2S/c1-13-7-9-15(10-8-13)19-24-25-21(29)26(19)12-11-17(27)23-16-6-4-5-14(2)18(16)20(28)22-3/h4-10H,11-12H2,1-3H3,(H,22,28)(H,23,27)(H,25,29). The topological polar surface area (TPSA) is 91.8 Å². The lowest BCUT2D eigenvalue weighted by atomic mass is 10.1. The quantitative estimate of drug-likeness (QED) is 0.542. The van der Waals surface area contributed by atoms with Crippen molar-refractivity contribution in [3.63, 3.8) is 0 Å². The molecule has 0 fully saturated rings. The van der Waals surface area contributed by atoms with Gasteiger partial charge in [-0.2, -0.15) is 5.10 Å². The lowest BCUT2D eigenvalue weighted by Gasteiger charge is -2.13. The van der Waals surface area contributed by atoms with Gasteiger partial charge >= 0.3 is 0 Å². The van der Waals surface area contributed by atoms with Crippen molar-refractivity contribution in [2.75, 3.05) is 12.4 Å². The number of amides is 2. The van der Waals surface area contributed by atoms with Crippen molar-refractivity contribution >= 4 is 29.7 Å². The number of aromatic amines is 1. The van der Waals surface area contributed by atoms with E-state index in [1.165, 1.54) is 0 Å². The Kier molecular flexibility index (Phi) is 6.23. The maximum Gasteiger partial charge on any atom is 0.253 e. The lowest BCUT2D eigenvalue weighted by molar-refractivity contribution is -0.116. The largest absolute Gasteiger partial charge is 0.355 e. The second-order valence-corrected chi connectivity index (χ2v) is 7.13. The van der Waals surface area contributed by atoms with Gasteiger partial charge in [-0.05, 0) is 37.7 Å². The van der Waals surface area contributed by atoms with Crippen LogP contribution in [0.25, 0.3) is 11.4 Å². The summed E-state index contributed by atoms with van der Waals surface area (Å²) in [5.41, 5.74) is 3.82. The number of nitrogens with one attached hydrogen (secondary N) is 3. The summed E-state index contributed by atoms with van der Waals surface area (Å²) >= 11 is 5.33. The van der Waals surface area contributed by atoms with E-state index in [2.05, 4.69) is 20.8 Å². The van der Waals surface area contributed by atoms with Crippen molar-refractivity contribution in [1.29, 1.82) is 0 Å². The molecule has 1 heterocycles. The van der Waals surface area contributed by atoms with Gasteiger partial charge in [-0.3, -0.25) is 19.3 Å². The van der Waals surface area contributed by atoms with Gasteiger partial charge in [0.25, 0.3) is 5.91 Å². The van der Waals surface area contributed by atoms with Crippen LogP contribution in [0.15, 0.2) is 42.5 Å². The van der Waals surface area contributed by atoms with Crippen molar-refractivity contribution in [2.45, 2.75) is 26.8 Å². The first-order valence-electron chi connectivity index (χ1n) is 9.24. The summed E-state index contributed by atoms with van der Waals surface area (Å²) < 4.78 is 2.25. The van der Waals surface area contributed by atoms with Crippen LogP contribution in [-0.4, -0.2) is 33.6 Å². The molecule has 8 heteroatoms. The number of hydrogen-bond donors (Lipinski definition) is 3. The molecule has 29 heavy (non-hydrogen) atoms. The summed E-state index contributed by atoms with van der Waals surface area (Å²) in [7, 11) is 1.56. The monoisotopic (exact) mass is 409 g/mol. The van der Waals surface area contributed by atoms with Crippen LogP contribution in [0.2, 0.25) is 0 Å². The predicted octanol–water partition coefficient (Wildman–Crippen LogP) is 3.61. The highest BCUT2D eigenvalue weighted by molar-refractivity contribution is 7.71. The van der Waals surface area contributed by atoms with E-state index >= 15 is 0 Å². The molecule has 0 spiro atoms. The van der Waals surface area contributed by atoms with Gasteiger partial charge in [-0.25, -0.2) is 0 Å². The number of carbonyl (C=O) groups excluding carboxylic acids is 2. The van der Waals surface area contributed by atoms with Crippen LogP contribution in [0.1, 0.15) is 27.9 Å². The average Bonchev–Trinajstić information content (AvgIpc) is 3.07. The summed E-state index contributed by atoms with van der Waals surface area (Å²) in [6, 6.07) is 13.3. The molecule has 0 atom stereocenters. The van der Waals surface area contributed by atoms with E-state index in [1.54, 1.807) is 23.7 Å². The second kappa shape index (κ2) is 8.83. The van der Waals surface area contributed by atoms with Gasteiger partial charge in [0.2, 0.25) is 5.91 Å². The zero-order valence-electron chi connectivity index (χ0n) is 16.6. The first-order valence-corrected chi connectivity index (χ1v) is 9.65. The molecule has 150 valence electrons. The number of nitrogens with zero attached hydrogens (tertiary/aromatic N) is 2. The number of carbonyl (C=O) groups is 2. The Bertz CT molecular complexity index is 1100. The Labute approximate surface area is 174 Å². The molecule has 0 unspecified atom stereocenters. The number of anilines is 1. The van der Waals surface area contributed by atoms with Gasteiger partial charge in [0.15, 0.2) is 10.6 Å². The first-order chi connectivity index (χ1) is 13.9. The summed E-state index contributed by atoms with van der Waals surface area (Å²) in [5.74, 6) is 0.236. The molecule has 3 N–H and O–H groups in total. The Hall–Kier alpha value is -3.26. The van der Waals surface area contributed by atoms with Crippen molar-refractivity contribution < 1.29 is 9.59 Å². The third-order valence-electron chi connectivity index (χ3n) is 4.63. The van der Waals surface area contributed by atoms with E-state index in [0.29, 0.717) is 28.4 Å². The molecule has 3 aromatic rings. The highest BCUT2D eigenvalue weighted by Gasteiger charge is 2.16. The summed E-state index contributed by atoms with van der Waals surface area (Å²) in [5, 5.41) is 12.5. The SMILES string of the molecule is CNC(=O)c1c(C)cccc1NC(=O)CCn1c(-c2ccc(C)cc2)n[nH]c1=S. The summed E-state index contributed by atoms with van der Waals surface area (Å²) in [6.07, 6.45) is 0.188. The normalized spacial score (nSPS) is 10.6. The third kappa shape index (κ3) is 4.60. The molecule has 3 rings (SSSR count). The van der Waals surface area contributed by atoms with Gasteiger partial charge in [-0.15, -0.1) is 0 Å². The molecule has 2 amide bonds. The van der Waals surface area contributed by atoms with Crippen LogP contribution in [0.3, 0.4) is 0 Å². The van der Waals surface area contributed by atoms with Crippen LogP contribution in [-0.2, 0) is 11.3 Å². The van der Waals surface area contributed by atoms with Crippen LogP contribution >= 0.6 is 12.2 Å². The molecule has 0 saturated heterocycles. The van der Waals surface area contributed by atoms with Gasteiger partial charge in [-0.1, -0.05) is 42.0 Å². The molecule has 7 nitrogen and oxygen atoms in total. The molecule has 0 aliphatic heterocycles. The predicted molar refractivity (Wildman–Crippen MR) is 115 cm³/mol. The maximum atomic E-state index is 12.6. The minimum Gasteiger partial charge on any atom is -0.355 e. The van der Waals surface area contributed by atoms with Gasteiger partial charge < -0.3 is 10.6 Å². The van der Waals surface area contributed by atoms with E-state index in [1.807, 2.05) is 44.2 Å². The number of aromatic nitrogens is 3. The molecule has 0 saturated carbocycles. The molecule has 1 aromatic heterocycles. The number of H-pyrrole nitrogens is 1. The summed E-state index contributed by atoms with van der Waals surface area (Å²) in [4.78, 5) is 24.7. The number of hydrogen-bond acceptors (Lipinski definition) is 4. The number of rotatable bonds is 6. The van der Waals surface area contributed by atoms with Gasteiger partial charge in [0.1, 0.15) is 0 Å². The first kappa shape index (κ1) is 20.5. The molecule has 0 aliphatic carbocycles. The fourth-order valence-electron chi connectivity index (χ4n) is 3.07. The second-order valence-electron chi connectivity index (χ2n) is 6.74. The van der Waals surface area contributed by atoms with Crippen LogP contribution in [0.4, 0.5) is 5.69 Å². The lowest BCUT2D eigenvalue weighted by Crippen LogP contribution is -2.23.